The minimum atomic E-state index is -3.76. The molecule has 8 heteroatoms. The molecule has 0 aliphatic rings. The van der Waals surface area contributed by atoms with Gasteiger partial charge in [0, 0.05) is 5.69 Å². The first-order valence-electron chi connectivity index (χ1n) is 6.14. The summed E-state index contributed by atoms with van der Waals surface area (Å²) in [6, 6.07) is 6.57. The average Bonchev–Trinajstić information content (AvgIpc) is 2.79. The van der Waals surface area contributed by atoms with Crippen molar-refractivity contribution < 1.29 is 12.9 Å². The SMILES string of the molecule is Cc1cccc(NS(=O)(=O)c2cnc3onc(C)c3c2)n1. The maximum Gasteiger partial charge on any atom is 0.264 e. The van der Waals surface area contributed by atoms with Crippen molar-refractivity contribution in [2.75, 3.05) is 4.72 Å². The molecule has 3 heterocycles. The number of aromatic nitrogens is 3. The van der Waals surface area contributed by atoms with Crippen LogP contribution >= 0.6 is 0 Å². The van der Waals surface area contributed by atoms with Gasteiger partial charge in [0.05, 0.1) is 17.3 Å². The molecule has 7 nitrogen and oxygen atoms in total. The van der Waals surface area contributed by atoms with E-state index in [0.29, 0.717) is 16.8 Å². The van der Waals surface area contributed by atoms with Crippen molar-refractivity contribution in [2.24, 2.45) is 0 Å². The lowest BCUT2D eigenvalue weighted by Gasteiger charge is -2.07. The van der Waals surface area contributed by atoms with Crippen LogP contribution in [0.5, 0.6) is 0 Å². The third kappa shape index (κ3) is 2.57. The van der Waals surface area contributed by atoms with E-state index in [1.165, 1.54) is 12.3 Å². The highest BCUT2D eigenvalue weighted by molar-refractivity contribution is 7.92. The zero-order chi connectivity index (χ0) is 15.0. The van der Waals surface area contributed by atoms with Crippen LogP contribution < -0.4 is 4.72 Å². The Bertz CT molecular complexity index is 918. The van der Waals surface area contributed by atoms with Crippen LogP contribution in [0.15, 0.2) is 39.9 Å². The fourth-order valence-corrected chi connectivity index (χ4v) is 2.84. The molecule has 0 aliphatic carbocycles. The summed E-state index contributed by atoms with van der Waals surface area (Å²) in [6.45, 7) is 3.51. The monoisotopic (exact) mass is 304 g/mol. The standard InChI is InChI=1S/C13H12N4O3S/c1-8-4-3-5-12(15-8)17-21(18,19)10-6-11-9(2)16-20-13(11)14-7-10/h3-7H,1-2H3,(H,15,17). The molecule has 0 unspecified atom stereocenters. The zero-order valence-corrected chi connectivity index (χ0v) is 12.2. The smallest absolute Gasteiger partial charge is 0.264 e. The lowest BCUT2D eigenvalue weighted by atomic mass is 10.3. The number of sulfonamides is 1. The summed E-state index contributed by atoms with van der Waals surface area (Å²) in [4.78, 5) is 8.10. The Balaban J connectivity index is 2.01. The van der Waals surface area contributed by atoms with Crippen LogP contribution in [0.1, 0.15) is 11.4 Å². The van der Waals surface area contributed by atoms with Crippen molar-refractivity contribution >= 4 is 26.9 Å². The number of fused-ring (bicyclic) bond motifs is 1. The molecule has 21 heavy (non-hydrogen) atoms. The van der Waals surface area contributed by atoms with E-state index in [2.05, 4.69) is 19.8 Å². The van der Waals surface area contributed by atoms with Crippen LogP contribution in [0.2, 0.25) is 0 Å². The van der Waals surface area contributed by atoms with Crippen LogP contribution in [0, 0.1) is 13.8 Å². The number of hydrogen-bond donors (Lipinski definition) is 1. The Kier molecular flexibility index (Phi) is 3.09. The number of anilines is 1. The minimum absolute atomic E-state index is 0.0320. The van der Waals surface area contributed by atoms with Crippen molar-refractivity contribution in [1.82, 2.24) is 15.1 Å². The van der Waals surface area contributed by atoms with Gasteiger partial charge in [-0.2, -0.15) is 0 Å². The molecule has 0 atom stereocenters. The number of pyridine rings is 2. The first-order chi connectivity index (χ1) is 9.95. The van der Waals surface area contributed by atoms with Crippen molar-refractivity contribution in [3.05, 3.63) is 41.9 Å². The molecule has 0 fully saturated rings. The first kappa shape index (κ1) is 13.5. The maximum atomic E-state index is 12.3. The molecule has 3 rings (SSSR count). The molecule has 0 radical (unpaired) electrons. The first-order valence-corrected chi connectivity index (χ1v) is 7.62. The van der Waals surface area contributed by atoms with E-state index < -0.39 is 10.0 Å². The second-order valence-electron chi connectivity index (χ2n) is 4.56. The van der Waals surface area contributed by atoms with Gasteiger partial charge in [0.2, 0.25) is 0 Å². The Hall–Kier alpha value is -2.48. The van der Waals surface area contributed by atoms with Crippen molar-refractivity contribution in [1.29, 1.82) is 0 Å². The predicted molar refractivity (Wildman–Crippen MR) is 76.3 cm³/mol. The van der Waals surface area contributed by atoms with Gasteiger partial charge in [-0.1, -0.05) is 11.2 Å². The van der Waals surface area contributed by atoms with Crippen LogP contribution in [0.4, 0.5) is 5.82 Å². The average molecular weight is 304 g/mol. The van der Waals surface area contributed by atoms with Crippen LogP contribution in [0.3, 0.4) is 0 Å². The van der Waals surface area contributed by atoms with E-state index >= 15 is 0 Å². The normalized spacial score (nSPS) is 11.7. The largest absolute Gasteiger partial charge is 0.336 e. The lowest BCUT2D eigenvalue weighted by Crippen LogP contribution is -2.14. The van der Waals surface area contributed by atoms with E-state index in [9.17, 15) is 8.42 Å². The van der Waals surface area contributed by atoms with E-state index in [4.69, 9.17) is 4.52 Å². The summed E-state index contributed by atoms with van der Waals surface area (Å²) < 4.78 is 32.1. The molecule has 1 N–H and O–H groups in total. The Morgan fingerprint density at radius 2 is 2.05 bits per heavy atom. The number of aryl methyl sites for hydroxylation is 2. The fourth-order valence-electron chi connectivity index (χ4n) is 1.87. The van der Waals surface area contributed by atoms with Crippen LogP contribution in [-0.4, -0.2) is 23.5 Å². The highest BCUT2D eigenvalue weighted by atomic mass is 32.2. The Morgan fingerprint density at radius 1 is 1.24 bits per heavy atom. The highest BCUT2D eigenvalue weighted by Crippen LogP contribution is 2.21. The molecule has 0 amide bonds. The third-order valence-electron chi connectivity index (χ3n) is 2.92. The quantitative estimate of drug-likeness (QED) is 0.795. The summed E-state index contributed by atoms with van der Waals surface area (Å²) in [7, 11) is -3.76. The number of nitrogens with zero attached hydrogens (tertiary/aromatic N) is 3. The summed E-state index contributed by atoms with van der Waals surface area (Å²) >= 11 is 0. The minimum Gasteiger partial charge on any atom is -0.336 e. The second kappa shape index (κ2) is 4.81. The van der Waals surface area contributed by atoms with Crippen molar-refractivity contribution in [3.8, 4) is 0 Å². The van der Waals surface area contributed by atoms with Crippen molar-refractivity contribution in [2.45, 2.75) is 18.7 Å². The third-order valence-corrected chi connectivity index (χ3v) is 4.24. The van der Waals surface area contributed by atoms with Gasteiger partial charge in [0.25, 0.3) is 15.7 Å². The number of nitrogens with one attached hydrogen (secondary N) is 1. The van der Waals surface area contributed by atoms with Gasteiger partial charge in [-0.25, -0.2) is 18.4 Å². The molecule has 0 saturated carbocycles. The molecular weight excluding hydrogens is 292 g/mol. The molecule has 108 valence electrons. The van der Waals surface area contributed by atoms with Gasteiger partial charge in [0.15, 0.2) is 0 Å². The molecule has 0 aliphatic heterocycles. The predicted octanol–water partition coefficient (Wildman–Crippen LogP) is 2.04. The summed E-state index contributed by atoms with van der Waals surface area (Å²) in [5.74, 6) is 0.261. The highest BCUT2D eigenvalue weighted by Gasteiger charge is 2.18. The van der Waals surface area contributed by atoms with Crippen molar-refractivity contribution in [3.63, 3.8) is 0 Å². The van der Waals surface area contributed by atoms with Gasteiger partial charge in [-0.15, -0.1) is 0 Å². The van der Waals surface area contributed by atoms with Gasteiger partial charge in [0.1, 0.15) is 10.7 Å². The molecule has 0 saturated heterocycles. The molecule has 3 aromatic heterocycles. The number of hydrogen-bond acceptors (Lipinski definition) is 6. The maximum absolute atomic E-state index is 12.3. The number of rotatable bonds is 3. The van der Waals surface area contributed by atoms with Gasteiger partial charge < -0.3 is 4.52 Å². The molecule has 3 aromatic rings. The zero-order valence-electron chi connectivity index (χ0n) is 11.4. The topological polar surface area (TPSA) is 98.0 Å². The summed E-state index contributed by atoms with van der Waals surface area (Å²) in [6.07, 6.45) is 1.23. The van der Waals surface area contributed by atoms with E-state index in [1.54, 1.807) is 32.0 Å². The van der Waals surface area contributed by atoms with Gasteiger partial charge in [-0.05, 0) is 32.0 Å². The fraction of sp³-hybridized carbons (Fsp3) is 0.154. The Labute approximate surface area is 121 Å². The second-order valence-corrected chi connectivity index (χ2v) is 6.24. The summed E-state index contributed by atoms with van der Waals surface area (Å²) in [5, 5.41) is 4.31. The molecule has 0 aromatic carbocycles. The summed E-state index contributed by atoms with van der Waals surface area (Å²) in [5.41, 5.74) is 1.61. The molecule has 0 spiro atoms. The van der Waals surface area contributed by atoms with E-state index in [0.717, 1.165) is 5.69 Å². The van der Waals surface area contributed by atoms with Crippen LogP contribution in [0.25, 0.3) is 11.1 Å². The Morgan fingerprint density at radius 3 is 2.81 bits per heavy atom. The van der Waals surface area contributed by atoms with Gasteiger partial charge in [-0.3, -0.25) is 4.72 Å². The van der Waals surface area contributed by atoms with E-state index in [-0.39, 0.29) is 10.7 Å². The van der Waals surface area contributed by atoms with Gasteiger partial charge >= 0.3 is 0 Å². The molecule has 0 bridgehead atoms. The lowest BCUT2D eigenvalue weighted by molar-refractivity contribution is 0.442. The molecular formula is C13H12N4O3S. The van der Waals surface area contributed by atoms with Crippen LogP contribution in [-0.2, 0) is 10.0 Å². The van der Waals surface area contributed by atoms with E-state index in [1.807, 2.05) is 0 Å².